The lowest BCUT2D eigenvalue weighted by Crippen LogP contribution is -2.36. The molecule has 0 saturated heterocycles. The SMILES string of the molecule is CCCCNC(=O)NCCCn1nc(C)c(Cl)c1Cl. The number of aryl methyl sites for hydroxylation is 2. The first-order valence-electron chi connectivity index (χ1n) is 6.46. The fraction of sp³-hybridized carbons (Fsp3) is 0.667. The molecule has 1 rings (SSSR count). The smallest absolute Gasteiger partial charge is 0.314 e. The van der Waals surface area contributed by atoms with E-state index < -0.39 is 0 Å². The van der Waals surface area contributed by atoms with Crippen LogP contribution in [-0.2, 0) is 6.54 Å². The number of halogens is 2. The lowest BCUT2D eigenvalue weighted by molar-refractivity contribution is 0.240. The minimum Gasteiger partial charge on any atom is -0.338 e. The first-order valence-corrected chi connectivity index (χ1v) is 7.22. The Balaban J connectivity index is 2.20. The maximum absolute atomic E-state index is 11.4. The van der Waals surface area contributed by atoms with Crippen molar-refractivity contribution >= 4 is 29.2 Å². The summed E-state index contributed by atoms with van der Waals surface area (Å²) in [4.78, 5) is 11.4. The topological polar surface area (TPSA) is 59.0 Å². The predicted octanol–water partition coefficient (Wildman–Crippen LogP) is 2.99. The molecule has 0 fully saturated rings. The fourth-order valence-electron chi connectivity index (χ4n) is 1.55. The van der Waals surface area contributed by atoms with Gasteiger partial charge in [0.2, 0.25) is 0 Å². The van der Waals surface area contributed by atoms with E-state index in [4.69, 9.17) is 23.2 Å². The maximum atomic E-state index is 11.4. The standard InChI is InChI=1S/C12H20Cl2N4O/c1-3-4-6-15-12(19)16-7-5-8-18-11(14)10(13)9(2)17-18/h3-8H2,1-2H3,(H2,15,16,19). The van der Waals surface area contributed by atoms with Gasteiger partial charge in [0.1, 0.15) is 10.2 Å². The fourth-order valence-corrected chi connectivity index (χ4v) is 1.95. The Hall–Kier alpha value is -0.940. The van der Waals surface area contributed by atoms with Crippen LogP contribution in [0.2, 0.25) is 10.2 Å². The Morgan fingerprint density at radius 1 is 1.26 bits per heavy atom. The van der Waals surface area contributed by atoms with E-state index in [1.807, 2.05) is 6.92 Å². The number of unbranched alkanes of at least 4 members (excludes halogenated alkanes) is 1. The normalized spacial score (nSPS) is 10.5. The number of urea groups is 1. The van der Waals surface area contributed by atoms with E-state index in [9.17, 15) is 4.79 Å². The van der Waals surface area contributed by atoms with E-state index in [2.05, 4.69) is 22.7 Å². The van der Waals surface area contributed by atoms with Crippen LogP contribution in [0.5, 0.6) is 0 Å². The molecule has 1 aromatic rings. The summed E-state index contributed by atoms with van der Waals surface area (Å²) in [6.45, 7) is 5.80. The van der Waals surface area contributed by atoms with E-state index in [0.29, 0.717) is 29.8 Å². The third-order valence-corrected chi connectivity index (χ3v) is 3.58. The van der Waals surface area contributed by atoms with Gasteiger partial charge in [0.05, 0.1) is 5.69 Å². The zero-order chi connectivity index (χ0) is 14.3. The number of amides is 2. The van der Waals surface area contributed by atoms with Crippen molar-refractivity contribution < 1.29 is 4.79 Å². The molecule has 19 heavy (non-hydrogen) atoms. The summed E-state index contributed by atoms with van der Waals surface area (Å²) in [6, 6.07) is -0.130. The Labute approximate surface area is 123 Å². The molecule has 7 heteroatoms. The zero-order valence-corrected chi connectivity index (χ0v) is 12.8. The molecule has 0 aliphatic carbocycles. The minimum absolute atomic E-state index is 0.130. The molecular formula is C12H20Cl2N4O. The summed E-state index contributed by atoms with van der Waals surface area (Å²) in [6.07, 6.45) is 2.81. The third kappa shape index (κ3) is 5.28. The summed E-state index contributed by atoms with van der Waals surface area (Å²) in [5.74, 6) is 0. The van der Waals surface area contributed by atoms with Crippen molar-refractivity contribution in [2.24, 2.45) is 0 Å². The Bertz CT molecular complexity index is 420. The Morgan fingerprint density at radius 3 is 2.42 bits per heavy atom. The number of hydrogen-bond acceptors (Lipinski definition) is 2. The monoisotopic (exact) mass is 306 g/mol. The highest BCUT2D eigenvalue weighted by atomic mass is 35.5. The molecule has 1 heterocycles. The summed E-state index contributed by atoms with van der Waals surface area (Å²) >= 11 is 11.9. The van der Waals surface area contributed by atoms with Crippen LogP contribution >= 0.6 is 23.2 Å². The van der Waals surface area contributed by atoms with E-state index >= 15 is 0 Å². The molecule has 5 nitrogen and oxygen atoms in total. The highest BCUT2D eigenvalue weighted by Gasteiger charge is 2.10. The molecule has 0 saturated carbocycles. The highest BCUT2D eigenvalue weighted by Crippen LogP contribution is 2.24. The van der Waals surface area contributed by atoms with Gasteiger partial charge in [-0.05, 0) is 19.8 Å². The second-order valence-electron chi connectivity index (χ2n) is 4.30. The summed E-state index contributed by atoms with van der Waals surface area (Å²) < 4.78 is 1.65. The van der Waals surface area contributed by atoms with Crippen LogP contribution in [-0.4, -0.2) is 28.9 Å². The average Bonchev–Trinajstić information content (AvgIpc) is 2.63. The van der Waals surface area contributed by atoms with Gasteiger partial charge < -0.3 is 10.6 Å². The molecule has 0 bridgehead atoms. The molecule has 0 aliphatic heterocycles. The van der Waals surface area contributed by atoms with Crippen LogP contribution < -0.4 is 10.6 Å². The van der Waals surface area contributed by atoms with Gasteiger partial charge in [0, 0.05) is 19.6 Å². The lowest BCUT2D eigenvalue weighted by Gasteiger charge is -2.07. The molecule has 1 aromatic heterocycles. The number of rotatable bonds is 7. The van der Waals surface area contributed by atoms with Gasteiger partial charge in [0.15, 0.2) is 0 Å². The largest absolute Gasteiger partial charge is 0.338 e. The van der Waals surface area contributed by atoms with Gasteiger partial charge >= 0.3 is 6.03 Å². The molecule has 0 aliphatic rings. The molecule has 0 atom stereocenters. The lowest BCUT2D eigenvalue weighted by atomic mass is 10.3. The summed E-state index contributed by atoms with van der Waals surface area (Å²) in [7, 11) is 0. The van der Waals surface area contributed by atoms with Gasteiger partial charge in [-0.3, -0.25) is 4.68 Å². The average molecular weight is 307 g/mol. The van der Waals surface area contributed by atoms with Crippen LogP contribution in [0.4, 0.5) is 4.79 Å². The number of nitrogens with one attached hydrogen (secondary N) is 2. The van der Waals surface area contributed by atoms with Crippen LogP contribution in [0, 0.1) is 6.92 Å². The van der Waals surface area contributed by atoms with Crippen LogP contribution in [0.1, 0.15) is 31.9 Å². The first kappa shape index (κ1) is 16.1. The van der Waals surface area contributed by atoms with Crippen molar-refractivity contribution in [1.29, 1.82) is 0 Å². The number of nitrogens with zero attached hydrogens (tertiary/aromatic N) is 2. The summed E-state index contributed by atoms with van der Waals surface area (Å²) in [5.41, 5.74) is 0.719. The molecule has 0 aromatic carbocycles. The van der Waals surface area contributed by atoms with Crippen molar-refractivity contribution in [1.82, 2.24) is 20.4 Å². The van der Waals surface area contributed by atoms with E-state index in [-0.39, 0.29) is 6.03 Å². The second kappa shape index (κ2) is 8.27. The quantitative estimate of drug-likeness (QED) is 0.761. The van der Waals surface area contributed by atoms with Crippen molar-refractivity contribution in [3.8, 4) is 0 Å². The predicted molar refractivity (Wildman–Crippen MR) is 77.9 cm³/mol. The van der Waals surface area contributed by atoms with Crippen molar-refractivity contribution in [3.63, 3.8) is 0 Å². The van der Waals surface area contributed by atoms with E-state index in [1.54, 1.807) is 4.68 Å². The highest BCUT2D eigenvalue weighted by molar-refractivity contribution is 6.41. The van der Waals surface area contributed by atoms with E-state index in [0.717, 1.165) is 25.0 Å². The van der Waals surface area contributed by atoms with Crippen LogP contribution in [0.25, 0.3) is 0 Å². The van der Waals surface area contributed by atoms with Crippen molar-refractivity contribution in [2.45, 2.75) is 39.7 Å². The molecule has 2 amide bonds. The number of carbonyl (C=O) groups is 1. The van der Waals surface area contributed by atoms with Crippen LogP contribution in [0.3, 0.4) is 0 Å². The first-order chi connectivity index (χ1) is 9.06. The number of aromatic nitrogens is 2. The molecule has 0 unspecified atom stereocenters. The molecule has 2 N–H and O–H groups in total. The van der Waals surface area contributed by atoms with E-state index in [1.165, 1.54) is 0 Å². The molecule has 0 radical (unpaired) electrons. The third-order valence-electron chi connectivity index (χ3n) is 2.64. The van der Waals surface area contributed by atoms with Crippen LogP contribution in [0.15, 0.2) is 0 Å². The number of carbonyl (C=O) groups excluding carboxylic acids is 1. The Morgan fingerprint density at radius 2 is 1.89 bits per heavy atom. The van der Waals surface area contributed by atoms with Gasteiger partial charge in [-0.25, -0.2) is 4.79 Å². The number of hydrogen-bond donors (Lipinski definition) is 2. The van der Waals surface area contributed by atoms with Crippen molar-refractivity contribution in [2.75, 3.05) is 13.1 Å². The molecular weight excluding hydrogens is 287 g/mol. The second-order valence-corrected chi connectivity index (χ2v) is 5.04. The molecule has 0 spiro atoms. The van der Waals surface area contributed by atoms with Crippen molar-refractivity contribution in [3.05, 3.63) is 15.9 Å². The zero-order valence-electron chi connectivity index (χ0n) is 11.3. The minimum atomic E-state index is -0.130. The molecule has 108 valence electrons. The maximum Gasteiger partial charge on any atom is 0.314 e. The Kier molecular flexibility index (Phi) is 7.02. The van der Waals surface area contributed by atoms with Gasteiger partial charge in [-0.2, -0.15) is 5.10 Å². The van der Waals surface area contributed by atoms with Gasteiger partial charge in [-0.1, -0.05) is 36.5 Å². The van der Waals surface area contributed by atoms with Gasteiger partial charge in [-0.15, -0.1) is 0 Å². The summed E-state index contributed by atoms with van der Waals surface area (Å²) in [5, 5.41) is 10.7. The van der Waals surface area contributed by atoms with Gasteiger partial charge in [0.25, 0.3) is 0 Å².